The predicted octanol–water partition coefficient (Wildman–Crippen LogP) is 2.75. The van der Waals surface area contributed by atoms with Gasteiger partial charge in [-0.1, -0.05) is 43.6 Å². The number of amides is 1. The van der Waals surface area contributed by atoms with E-state index in [1.165, 1.54) is 10.6 Å². The molecule has 0 radical (unpaired) electrons. The maximum Gasteiger partial charge on any atom is 0.255 e. The molecule has 26 heavy (non-hydrogen) atoms. The molecule has 1 amide bonds. The van der Waals surface area contributed by atoms with Crippen LogP contribution in [0.2, 0.25) is 5.02 Å². The SMILES string of the molecule is CC1(C)CN(C(=O)c2ccc(=O)n(Cc3ccccc3Cl)c2)CCC1N. The van der Waals surface area contributed by atoms with Gasteiger partial charge in [0.15, 0.2) is 0 Å². The van der Waals surface area contributed by atoms with Crippen molar-refractivity contribution in [3.8, 4) is 0 Å². The molecule has 1 unspecified atom stereocenters. The Bertz CT molecular complexity index is 875. The first kappa shape index (κ1) is 18.7. The van der Waals surface area contributed by atoms with Gasteiger partial charge in [-0.3, -0.25) is 9.59 Å². The van der Waals surface area contributed by atoms with Crippen LogP contribution >= 0.6 is 11.6 Å². The van der Waals surface area contributed by atoms with E-state index < -0.39 is 0 Å². The van der Waals surface area contributed by atoms with Gasteiger partial charge in [0.05, 0.1) is 12.1 Å². The zero-order valence-corrected chi connectivity index (χ0v) is 15.9. The minimum Gasteiger partial charge on any atom is -0.338 e. The number of likely N-dealkylation sites (tertiary alicyclic amines) is 1. The third-order valence-electron chi connectivity index (χ3n) is 5.13. The number of pyridine rings is 1. The van der Waals surface area contributed by atoms with E-state index >= 15 is 0 Å². The number of aromatic nitrogens is 1. The van der Waals surface area contributed by atoms with E-state index in [4.69, 9.17) is 17.3 Å². The van der Waals surface area contributed by atoms with E-state index in [0.29, 0.717) is 30.2 Å². The summed E-state index contributed by atoms with van der Waals surface area (Å²) in [7, 11) is 0. The second-order valence-corrected chi connectivity index (χ2v) is 7.99. The quantitative estimate of drug-likeness (QED) is 0.899. The molecule has 1 saturated heterocycles. The van der Waals surface area contributed by atoms with E-state index in [9.17, 15) is 9.59 Å². The van der Waals surface area contributed by atoms with Gasteiger partial charge in [-0.05, 0) is 29.5 Å². The van der Waals surface area contributed by atoms with Gasteiger partial charge >= 0.3 is 0 Å². The zero-order chi connectivity index (χ0) is 18.9. The summed E-state index contributed by atoms with van der Waals surface area (Å²) < 4.78 is 1.52. The van der Waals surface area contributed by atoms with Crippen LogP contribution in [0.3, 0.4) is 0 Å². The number of carbonyl (C=O) groups is 1. The first-order chi connectivity index (χ1) is 12.3. The van der Waals surface area contributed by atoms with E-state index in [0.717, 1.165) is 12.0 Å². The van der Waals surface area contributed by atoms with E-state index in [1.807, 2.05) is 23.1 Å². The van der Waals surface area contributed by atoms with Crippen LogP contribution in [-0.2, 0) is 6.54 Å². The second-order valence-electron chi connectivity index (χ2n) is 7.59. The van der Waals surface area contributed by atoms with Crippen molar-refractivity contribution >= 4 is 17.5 Å². The number of halogens is 1. The molecule has 1 aromatic heterocycles. The number of nitrogens with two attached hydrogens (primary N) is 1. The van der Waals surface area contributed by atoms with Crippen molar-refractivity contribution < 1.29 is 4.79 Å². The van der Waals surface area contributed by atoms with Crippen LogP contribution in [0.4, 0.5) is 0 Å². The molecule has 138 valence electrons. The van der Waals surface area contributed by atoms with Crippen LogP contribution in [0.1, 0.15) is 36.2 Å². The molecule has 3 rings (SSSR count). The summed E-state index contributed by atoms with van der Waals surface area (Å²) in [5.41, 5.74) is 7.21. The van der Waals surface area contributed by atoms with Gasteiger partial charge in [-0.2, -0.15) is 0 Å². The van der Waals surface area contributed by atoms with Crippen LogP contribution in [0.25, 0.3) is 0 Å². The largest absolute Gasteiger partial charge is 0.338 e. The maximum atomic E-state index is 12.9. The van der Waals surface area contributed by atoms with Crippen LogP contribution in [0, 0.1) is 5.41 Å². The van der Waals surface area contributed by atoms with Crippen molar-refractivity contribution in [1.82, 2.24) is 9.47 Å². The lowest BCUT2D eigenvalue weighted by molar-refractivity contribution is 0.0532. The minimum absolute atomic E-state index is 0.0714. The summed E-state index contributed by atoms with van der Waals surface area (Å²) in [5, 5.41) is 0.600. The number of hydrogen-bond acceptors (Lipinski definition) is 3. The number of benzene rings is 1. The average molecular weight is 374 g/mol. The van der Waals surface area contributed by atoms with Gasteiger partial charge in [-0.15, -0.1) is 0 Å². The van der Waals surface area contributed by atoms with Crippen molar-refractivity contribution in [2.75, 3.05) is 13.1 Å². The molecular weight excluding hydrogens is 350 g/mol. The second kappa shape index (κ2) is 7.25. The molecule has 2 N–H and O–H groups in total. The highest BCUT2D eigenvalue weighted by molar-refractivity contribution is 6.31. The molecule has 0 bridgehead atoms. The van der Waals surface area contributed by atoms with Crippen LogP contribution in [0.15, 0.2) is 47.4 Å². The third kappa shape index (κ3) is 3.84. The highest BCUT2D eigenvalue weighted by atomic mass is 35.5. The molecule has 5 nitrogen and oxygen atoms in total. The lowest BCUT2D eigenvalue weighted by Crippen LogP contribution is -2.54. The Hall–Kier alpha value is -2.11. The summed E-state index contributed by atoms with van der Waals surface area (Å²) in [6, 6.07) is 10.5. The smallest absolute Gasteiger partial charge is 0.255 e. The van der Waals surface area contributed by atoms with Crippen molar-refractivity contribution in [2.24, 2.45) is 11.1 Å². The Balaban J connectivity index is 1.84. The molecule has 0 spiro atoms. The van der Waals surface area contributed by atoms with Gasteiger partial charge < -0.3 is 15.2 Å². The standard InChI is InChI=1S/C20H24ClN3O2/c1-20(2)13-23(10-9-17(20)22)19(26)15-7-8-18(25)24(12-15)11-14-5-3-4-6-16(14)21/h3-8,12,17H,9-11,13,22H2,1-2H3. The maximum absolute atomic E-state index is 12.9. The average Bonchev–Trinajstić information content (AvgIpc) is 2.60. The summed E-state index contributed by atoms with van der Waals surface area (Å²) in [4.78, 5) is 27.0. The minimum atomic E-state index is -0.164. The summed E-state index contributed by atoms with van der Waals surface area (Å²) in [6.07, 6.45) is 2.40. The van der Waals surface area contributed by atoms with E-state index in [1.54, 1.807) is 18.3 Å². The molecule has 1 fully saturated rings. The molecule has 1 atom stereocenters. The van der Waals surface area contributed by atoms with Crippen LogP contribution < -0.4 is 11.3 Å². The van der Waals surface area contributed by atoms with Crippen molar-refractivity contribution in [3.63, 3.8) is 0 Å². The lowest BCUT2D eigenvalue weighted by atomic mass is 9.79. The Morgan fingerprint density at radius 1 is 1.27 bits per heavy atom. The van der Waals surface area contributed by atoms with Gasteiger partial charge in [0.2, 0.25) is 0 Å². The monoisotopic (exact) mass is 373 g/mol. The first-order valence-electron chi connectivity index (χ1n) is 8.77. The van der Waals surface area contributed by atoms with Gasteiger partial charge in [0.25, 0.3) is 11.5 Å². The fourth-order valence-electron chi connectivity index (χ4n) is 3.32. The van der Waals surface area contributed by atoms with Crippen molar-refractivity contribution in [1.29, 1.82) is 0 Å². The van der Waals surface area contributed by atoms with Crippen molar-refractivity contribution in [2.45, 2.75) is 32.9 Å². The summed E-state index contributed by atoms with van der Waals surface area (Å²) >= 11 is 6.19. The van der Waals surface area contributed by atoms with E-state index in [2.05, 4.69) is 13.8 Å². The fourth-order valence-corrected chi connectivity index (χ4v) is 3.52. The number of hydrogen-bond donors (Lipinski definition) is 1. The number of rotatable bonds is 3. The number of carbonyl (C=O) groups excluding carboxylic acids is 1. The zero-order valence-electron chi connectivity index (χ0n) is 15.1. The van der Waals surface area contributed by atoms with Crippen LogP contribution in [-0.4, -0.2) is 34.5 Å². The Morgan fingerprint density at radius 2 is 2.00 bits per heavy atom. The highest BCUT2D eigenvalue weighted by Crippen LogP contribution is 2.28. The number of nitrogens with zero attached hydrogens (tertiary/aromatic N) is 2. The van der Waals surface area contributed by atoms with Crippen molar-refractivity contribution in [3.05, 3.63) is 69.1 Å². The fraction of sp³-hybridized carbons (Fsp3) is 0.400. The molecule has 2 heterocycles. The normalized spacial score (nSPS) is 19.4. The summed E-state index contributed by atoms with van der Waals surface area (Å²) in [6.45, 7) is 5.73. The molecule has 1 aliphatic heterocycles. The first-order valence-corrected chi connectivity index (χ1v) is 9.14. The van der Waals surface area contributed by atoms with Gasteiger partial charge in [0.1, 0.15) is 0 Å². The molecule has 0 saturated carbocycles. The highest BCUT2D eigenvalue weighted by Gasteiger charge is 2.35. The molecule has 1 aromatic carbocycles. The van der Waals surface area contributed by atoms with Crippen LogP contribution in [0.5, 0.6) is 0 Å². The Morgan fingerprint density at radius 3 is 2.69 bits per heavy atom. The molecule has 1 aliphatic rings. The Labute approximate surface area is 158 Å². The summed E-state index contributed by atoms with van der Waals surface area (Å²) in [5.74, 6) is -0.0714. The third-order valence-corrected chi connectivity index (χ3v) is 5.50. The van der Waals surface area contributed by atoms with Gasteiger partial charge in [0, 0.05) is 36.4 Å². The molecular formula is C20H24ClN3O2. The lowest BCUT2D eigenvalue weighted by Gasteiger charge is -2.42. The van der Waals surface area contributed by atoms with Gasteiger partial charge in [-0.25, -0.2) is 0 Å². The molecule has 2 aromatic rings. The number of piperidine rings is 1. The molecule has 0 aliphatic carbocycles. The Kier molecular flexibility index (Phi) is 5.21. The van der Waals surface area contributed by atoms with E-state index in [-0.39, 0.29) is 22.9 Å². The predicted molar refractivity (Wildman–Crippen MR) is 104 cm³/mol. The molecule has 6 heteroatoms. The topological polar surface area (TPSA) is 68.3 Å².